The number of nitrogens with zero attached hydrogens (tertiary/aromatic N) is 2. The van der Waals surface area contributed by atoms with Crippen LogP contribution < -0.4 is 10.1 Å². The van der Waals surface area contributed by atoms with E-state index in [0.29, 0.717) is 21.1 Å². The zero-order chi connectivity index (χ0) is 18.0. The molecule has 1 N–H and O–H groups in total. The maximum atomic E-state index is 12.0. The van der Waals surface area contributed by atoms with Crippen LogP contribution in [0.5, 0.6) is 5.75 Å². The summed E-state index contributed by atoms with van der Waals surface area (Å²) in [7, 11) is 0. The van der Waals surface area contributed by atoms with Crippen molar-refractivity contribution in [2.45, 2.75) is 13.8 Å². The van der Waals surface area contributed by atoms with Gasteiger partial charge in [0, 0.05) is 12.1 Å². The molecule has 2 aromatic carbocycles. The number of fused-ring (bicyclic) bond motifs is 1. The maximum absolute atomic E-state index is 12.0. The van der Waals surface area contributed by atoms with Crippen LogP contribution in [0.15, 0.2) is 36.4 Å². The third kappa shape index (κ3) is 3.92. The summed E-state index contributed by atoms with van der Waals surface area (Å²) in [6.45, 7) is 3.77. The highest BCUT2D eigenvalue weighted by Gasteiger charge is 2.12. The molecule has 0 aliphatic rings. The predicted octanol–water partition coefficient (Wildman–Crippen LogP) is 3.84. The Morgan fingerprint density at radius 1 is 1.28 bits per heavy atom. The van der Waals surface area contributed by atoms with E-state index in [1.165, 1.54) is 23.5 Å². The molecule has 0 aliphatic heterocycles. The van der Waals surface area contributed by atoms with Crippen LogP contribution >= 0.6 is 11.3 Å². The SMILES string of the molecule is Cc1ccc(OCC(=O)Nc2nc3ccc([N+](=O)[O-])cc3s2)c(C)c1. The summed E-state index contributed by atoms with van der Waals surface area (Å²) in [5.41, 5.74) is 2.67. The van der Waals surface area contributed by atoms with E-state index in [1.807, 2.05) is 32.0 Å². The molecule has 0 unspecified atom stereocenters. The number of ether oxygens (including phenoxy) is 1. The van der Waals surface area contributed by atoms with Crippen LogP contribution in [-0.2, 0) is 4.79 Å². The molecule has 1 amide bonds. The standard InChI is InChI=1S/C17H15N3O4S/c1-10-3-6-14(11(2)7-10)24-9-16(21)19-17-18-13-5-4-12(20(22)23)8-15(13)25-17/h3-8H,9H2,1-2H3,(H,18,19,21). The Kier molecular flexibility index (Phi) is 4.62. The van der Waals surface area contributed by atoms with Crippen molar-refractivity contribution in [1.29, 1.82) is 0 Å². The molecule has 0 saturated heterocycles. The minimum absolute atomic E-state index is 0.00722. The fraction of sp³-hybridized carbons (Fsp3) is 0.176. The van der Waals surface area contributed by atoms with Gasteiger partial charge in [-0.15, -0.1) is 0 Å². The maximum Gasteiger partial charge on any atom is 0.270 e. The lowest BCUT2D eigenvalue weighted by Gasteiger charge is -2.09. The molecular formula is C17H15N3O4S. The average molecular weight is 357 g/mol. The zero-order valence-electron chi connectivity index (χ0n) is 13.6. The molecule has 128 valence electrons. The van der Waals surface area contributed by atoms with E-state index >= 15 is 0 Å². The van der Waals surface area contributed by atoms with Gasteiger partial charge in [-0.2, -0.15) is 0 Å². The number of amides is 1. The number of nitro groups is 1. The van der Waals surface area contributed by atoms with Gasteiger partial charge in [0.2, 0.25) is 0 Å². The third-order valence-corrected chi connectivity index (χ3v) is 4.45. The van der Waals surface area contributed by atoms with Crippen LogP contribution in [0.1, 0.15) is 11.1 Å². The van der Waals surface area contributed by atoms with Gasteiger partial charge in [0.1, 0.15) is 5.75 Å². The molecule has 25 heavy (non-hydrogen) atoms. The van der Waals surface area contributed by atoms with E-state index in [-0.39, 0.29) is 18.2 Å². The first-order valence-corrected chi connectivity index (χ1v) is 8.29. The topological polar surface area (TPSA) is 94.4 Å². The van der Waals surface area contributed by atoms with E-state index in [2.05, 4.69) is 10.3 Å². The van der Waals surface area contributed by atoms with Crippen LogP contribution in [0.3, 0.4) is 0 Å². The van der Waals surface area contributed by atoms with Crippen LogP contribution in [0, 0.1) is 24.0 Å². The Balaban J connectivity index is 1.66. The highest BCUT2D eigenvalue weighted by atomic mass is 32.1. The summed E-state index contributed by atoms with van der Waals surface area (Å²) in [5, 5.41) is 13.8. The van der Waals surface area contributed by atoms with Crippen molar-refractivity contribution in [2.75, 3.05) is 11.9 Å². The minimum atomic E-state index is -0.463. The Morgan fingerprint density at radius 2 is 2.08 bits per heavy atom. The van der Waals surface area contributed by atoms with Gasteiger partial charge in [0.15, 0.2) is 11.7 Å². The van der Waals surface area contributed by atoms with Gasteiger partial charge in [-0.1, -0.05) is 29.0 Å². The lowest BCUT2D eigenvalue weighted by molar-refractivity contribution is -0.384. The number of non-ortho nitro benzene ring substituents is 1. The van der Waals surface area contributed by atoms with Gasteiger partial charge in [-0.3, -0.25) is 20.2 Å². The zero-order valence-corrected chi connectivity index (χ0v) is 14.4. The van der Waals surface area contributed by atoms with Crippen LogP contribution in [0.2, 0.25) is 0 Å². The van der Waals surface area contributed by atoms with Crippen molar-refractivity contribution in [3.8, 4) is 5.75 Å². The van der Waals surface area contributed by atoms with E-state index < -0.39 is 4.92 Å². The molecule has 0 atom stereocenters. The normalized spacial score (nSPS) is 10.6. The van der Waals surface area contributed by atoms with Crippen molar-refractivity contribution in [2.24, 2.45) is 0 Å². The summed E-state index contributed by atoms with van der Waals surface area (Å²) < 4.78 is 6.16. The van der Waals surface area contributed by atoms with Crippen molar-refractivity contribution >= 4 is 38.3 Å². The number of nitro benzene ring substituents is 1. The molecule has 0 bridgehead atoms. The molecule has 8 heteroatoms. The molecule has 0 radical (unpaired) electrons. The summed E-state index contributed by atoms with van der Waals surface area (Å²) in [4.78, 5) is 26.6. The Morgan fingerprint density at radius 3 is 2.80 bits per heavy atom. The van der Waals surface area contributed by atoms with Gasteiger partial charge >= 0.3 is 0 Å². The number of thiazole rings is 1. The molecule has 0 spiro atoms. The van der Waals surface area contributed by atoms with Gasteiger partial charge in [-0.25, -0.2) is 4.98 Å². The van der Waals surface area contributed by atoms with Gasteiger partial charge in [0.05, 0.1) is 15.1 Å². The highest BCUT2D eigenvalue weighted by molar-refractivity contribution is 7.22. The number of carbonyl (C=O) groups excluding carboxylic acids is 1. The predicted molar refractivity (Wildman–Crippen MR) is 96.3 cm³/mol. The molecule has 0 fully saturated rings. The van der Waals surface area contributed by atoms with Crippen molar-refractivity contribution < 1.29 is 14.5 Å². The molecule has 3 aromatic rings. The number of hydrogen-bond acceptors (Lipinski definition) is 6. The molecule has 1 heterocycles. The molecule has 7 nitrogen and oxygen atoms in total. The fourth-order valence-corrected chi connectivity index (χ4v) is 3.26. The highest BCUT2D eigenvalue weighted by Crippen LogP contribution is 2.29. The van der Waals surface area contributed by atoms with Gasteiger partial charge in [-0.05, 0) is 31.5 Å². The number of anilines is 1. The van der Waals surface area contributed by atoms with Crippen molar-refractivity contribution in [1.82, 2.24) is 4.98 Å². The second-order valence-electron chi connectivity index (χ2n) is 5.53. The fourth-order valence-electron chi connectivity index (χ4n) is 2.34. The van der Waals surface area contributed by atoms with E-state index in [0.717, 1.165) is 11.1 Å². The van der Waals surface area contributed by atoms with E-state index in [9.17, 15) is 14.9 Å². The van der Waals surface area contributed by atoms with Crippen LogP contribution in [-0.4, -0.2) is 22.4 Å². The number of rotatable bonds is 5. The Labute approximate surface area is 147 Å². The lowest BCUT2D eigenvalue weighted by Crippen LogP contribution is -2.20. The number of aromatic nitrogens is 1. The summed E-state index contributed by atoms with van der Waals surface area (Å²) >= 11 is 1.18. The molecule has 0 aliphatic carbocycles. The summed E-state index contributed by atoms with van der Waals surface area (Å²) in [6, 6.07) is 10.1. The first-order chi connectivity index (χ1) is 11.9. The van der Waals surface area contributed by atoms with E-state index in [1.54, 1.807) is 6.07 Å². The van der Waals surface area contributed by atoms with E-state index in [4.69, 9.17) is 4.74 Å². The smallest absolute Gasteiger partial charge is 0.270 e. The molecule has 0 saturated carbocycles. The summed E-state index contributed by atoms with van der Waals surface area (Å²) in [5.74, 6) is 0.314. The third-order valence-electron chi connectivity index (χ3n) is 3.52. The van der Waals surface area contributed by atoms with Gasteiger partial charge < -0.3 is 4.74 Å². The summed E-state index contributed by atoms with van der Waals surface area (Å²) in [6.07, 6.45) is 0. The van der Waals surface area contributed by atoms with Crippen molar-refractivity contribution in [3.63, 3.8) is 0 Å². The van der Waals surface area contributed by atoms with Gasteiger partial charge in [0.25, 0.3) is 11.6 Å². The average Bonchev–Trinajstić information content (AvgIpc) is 2.95. The minimum Gasteiger partial charge on any atom is -0.483 e. The van der Waals surface area contributed by atoms with Crippen molar-refractivity contribution in [3.05, 3.63) is 57.6 Å². The molecular weight excluding hydrogens is 342 g/mol. The Bertz CT molecular complexity index is 968. The number of carbonyl (C=O) groups is 1. The monoisotopic (exact) mass is 357 g/mol. The quantitative estimate of drug-likeness (QED) is 0.553. The first kappa shape index (κ1) is 16.8. The number of hydrogen-bond donors (Lipinski definition) is 1. The number of aryl methyl sites for hydroxylation is 2. The second-order valence-corrected chi connectivity index (χ2v) is 6.56. The second kappa shape index (κ2) is 6.86. The first-order valence-electron chi connectivity index (χ1n) is 7.47. The lowest BCUT2D eigenvalue weighted by atomic mass is 10.1. The number of benzene rings is 2. The van der Waals surface area contributed by atoms with Crippen LogP contribution in [0.25, 0.3) is 10.2 Å². The molecule has 3 rings (SSSR count). The molecule has 1 aromatic heterocycles. The Hall–Kier alpha value is -3.00. The number of nitrogens with one attached hydrogen (secondary N) is 1. The van der Waals surface area contributed by atoms with Crippen LogP contribution in [0.4, 0.5) is 10.8 Å². The largest absolute Gasteiger partial charge is 0.483 e.